The van der Waals surface area contributed by atoms with Gasteiger partial charge in [0.05, 0.1) is 42.9 Å². The number of fused-ring (bicyclic) bond motifs is 1. The van der Waals surface area contributed by atoms with Crippen LogP contribution in [0.2, 0.25) is 0 Å². The van der Waals surface area contributed by atoms with Gasteiger partial charge < -0.3 is 5.32 Å². The van der Waals surface area contributed by atoms with Crippen molar-refractivity contribution in [3.8, 4) is 5.69 Å². The lowest BCUT2D eigenvalue weighted by Crippen LogP contribution is -2.54. The van der Waals surface area contributed by atoms with E-state index in [4.69, 9.17) is 0 Å². The van der Waals surface area contributed by atoms with E-state index in [0.717, 1.165) is 42.1 Å². The molecule has 3 aromatic rings. The fourth-order valence-electron chi connectivity index (χ4n) is 5.20. The molecule has 36 heavy (non-hydrogen) atoms. The van der Waals surface area contributed by atoms with Crippen LogP contribution in [0.15, 0.2) is 49.2 Å². The number of hydrogen-bond acceptors (Lipinski definition) is 6. The largest absolute Gasteiger partial charge is 0.401 e. The lowest BCUT2D eigenvalue weighted by atomic mass is 9.86. The molecule has 0 saturated carbocycles. The highest BCUT2D eigenvalue weighted by Gasteiger charge is 2.41. The van der Waals surface area contributed by atoms with Gasteiger partial charge in [0.25, 0.3) is 0 Å². The van der Waals surface area contributed by atoms with Crippen LogP contribution in [0.25, 0.3) is 5.69 Å². The zero-order chi connectivity index (χ0) is 25.3. The Kier molecular flexibility index (Phi) is 6.94. The molecule has 7 nitrogen and oxygen atoms in total. The number of aromatic nitrogens is 4. The third kappa shape index (κ3) is 5.36. The normalized spacial score (nSPS) is 21.2. The van der Waals surface area contributed by atoms with Gasteiger partial charge >= 0.3 is 6.18 Å². The van der Waals surface area contributed by atoms with Gasteiger partial charge in [0.15, 0.2) is 0 Å². The number of benzene rings is 1. The summed E-state index contributed by atoms with van der Waals surface area (Å²) in [5.74, 6) is 0. The highest BCUT2D eigenvalue weighted by molar-refractivity contribution is 5.48. The maximum atomic E-state index is 13.6. The number of nitrogens with one attached hydrogen (secondary N) is 1. The van der Waals surface area contributed by atoms with Gasteiger partial charge in [-0.2, -0.15) is 13.2 Å². The molecule has 1 aromatic carbocycles. The SMILES string of the molecule is C[C@H]1Cc2cc(-n3cnnc3)ccc2[C@@H](c2ccc(NC3CN(CCCF)C3)cn2)N1CC(F)(F)F. The number of anilines is 1. The van der Waals surface area contributed by atoms with Crippen molar-refractivity contribution < 1.29 is 17.6 Å². The van der Waals surface area contributed by atoms with Crippen LogP contribution in [-0.4, -0.2) is 80.7 Å². The van der Waals surface area contributed by atoms with Crippen molar-refractivity contribution >= 4 is 5.69 Å². The first-order chi connectivity index (χ1) is 17.3. The van der Waals surface area contributed by atoms with E-state index in [1.54, 1.807) is 23.4 Å². The molecule has 0 spiro atoms. The molecule has 5 rings (SSSR count). The summed E-state index contributed by atoms with van der Waals surface area (Å²) in [6.45, 7) is 2.93. The van der Waals surface area contributed by atoms with Crippen LogP contribution < -0.4 is 5.32 Å². The second kappa shape index (κ2) is 10.1. The quantitative estimate of drug-likeness (QED) is 0.469. The van der Waals surface area contributed by atoms with Crippen molar-refractivity contribution in [1.29, 1.82) is 0 Å². The zero-order valence-electron chi connectivity index (χ0n) is 20.0. The Morgan fingerprint density at radius 1 is 1.08 bits per heavy atom. The van der Waals surface area contributed by atoms with Crippen LogP contribution in [0.1, 0.15) is 36.2 Å². The number of halogens is 4. The Balaban J connectivity index is 1.39. The van der Waals surface area contributed by atoms with E-state index < -0.39 is 18.8 Å². The molecule has 0 unspecified atom stereocenters. The molecule has 0 bridgehead atoms. The van der Waals surface area contributed by atoms with Gasteiger partial charge in [0.1, 0.15) is 12.7 Å². The molecule has 11 heteroatoms. The summed E-state index contributed by atoms with van der Waals surface area (Å²) in [5.41, 5.74) is 4.08. The van der Waals surface area contributed by atoms with Crippen LogP contribution >= 0.6 is 0 Å². The van der Waals surface area contributed by atoms with Gasteiger partial charge in [-0.3, -0.25) is 23.7 Å². The van der Waals surface area contributed by atoms with E-state index in [-0.39, 0.29) is 18.8 Å². The first-order valence-electron chi connectivity index (χ1n) is 12.1. The lowest BCUT2D eigenvalue weighted by molar-refractivity contribution is -0.155. The molecule has 0 amide bonds. The Morgan fingerprint density at radius 3 is 2.53 bits per heavy atom. The smallest absolute Gasteiger partial charge is 0.378 e. The summed E-state index contributed by atoms with van der Waals surface area (Å²) in [4.78, 5) is 8.28. The summed E-state index contributed by atoms with van der Waals surface area (Å²) in [6, 6.07) is 8.75. The number of rotatable bonds is 8. The monoisotopic (exact) mass is 503 g/mol. The van der Waals surface area contributed by atoms with Gasteiger partial charge in [0.2, 0.25) is 0 Å². The summed E-state index contributed by atoms with van der Waals surface area (Å²) in [6.07, 6.45) is 1.59. The average Bonchev–Trinajstić information content (AvgIpc) is 3.35. The van der Waals surface area contributed by atoms with E-state index in [2.05, 4.69) is 25.4 Å². The van der Waals surface area contributed by atoms with Crippen LogP contribution in [-0.2, 0) is 6.42 Å². The molecule has 1 N–H and O–H groups in total. The van der Waals surface area contributed by atoms with Crippen molar-refractivity contribution in [2.75, 3.05) is 38.2 Å². The second-order valence-corrected chi connectivity index (χ2v) is 9.61. The topological polar surface area (TPSA) is 62.1 Å². The minimum Gasteiger partial charge on any atom is -0.378 e. The minimum absolute atomic E-state index is 0.255. The Labute approximate surface area is 207 Å². The van der Waals surface area contributed by atoms with Crippen molar-refractivity contribution in [2.24, 2.45) is 0 Å². The Morgan fingerprint density at radius 2 is 1.86 bits per heavy atom. The molecule has 0 radical (unpaired) electrons. The van der Waals surface area contributed by atoms with Crippen LogP contribution in [0.4, 0.5) is 23.2 Å². The third-order valence-corrected chi connectivity index (χ3v) is 6.92. The fraction of sp³-hybridized carbons (Fsp3) is 0.480. The predicted molar refractivity (Wildman–Crippen MR) is 128 cm³/mol. The van der Waals surface area contributed by atoms with E-state index in [9.17, 15) is 17.6 Å². The number of pyridine rings is 1. The number of alkyl halides is 4. The first kappa shape index (κ1) is 24.6. The predicted octanol–water partition coefficient (Wildman–Crippen LogP) is 4.02. The second-order valence-electron chi connectivity index (χ2n) is 9.61. The molecule has 2 aliphatic heterocycles. The van der Waals surface area contributed by atoms with E-state index in [1.807, 2.05) is 37.3 Å². The first-order valence-corrected chi connectivity index (χ1v) is 12.1. The molecule has 2 atom stereocenters. The number of nitrogens with zero attached hydrogens (tertiary/aromatic N) is 6. The van der Waals surface area contributed by atoms with Crippen molar-refractivity contribution in [3.63, 3.8) is 0 Å². The number of likely N-dealkylation sites (tertiary alicyclic amines) is 1. The number of hydrogen-bond donors (Lipinski definition) is 1. The fourth-order valence-corrected chi connectivity index (χ4v) is 5.20. The molecule has 1 saturated heterocycles. The summed E-state index contributed by atoms with van der Waals surface area (Å²) in [7, 11) is 0. The molecule has 192 valence electrons. The van der Waals surface area contributed by atoms with Crippen LogP contribution in [0.3, 0.4) is 0 Å². The van der Waals surface area contributed by atoms with Gasteiger partial charge in [-0.15, -0.1) is 10.2 Å². The van der Waals surface area contributed by atoms with Gasteiger partial charge in [-0.05, 0) is 55.2 Å². The average molecular weight is 504 g/mol. The maximum Gasteiger partial charge on any atom is 0.401 e. The van der Waals surface area contributed by atoms with E-state index in [1.165, 1.54) is 4.90 Å². The van der Waals surface area contributed by atoms with E-state index >= 15 is 0 Å². The molecule has 2 aromatic heterocycles. The molecule has 0 aliphatic carbocycles. The molecule has 2 aliphatic rings. The standard InChI is InChI=1S/C25H29F4N7/c1-17-9-18-10-21(35-15-31-32-16-35)4-5-22(18)24(36(17)14-25(27,28)29)23-6-3-19(11-30-23)33-20-12-34(13-20)8-2-7-26/h3-6,10-11,15-17,20,24,33H,2,7-9,12-14H2,1H3/t17-,24-/m0/s1. The van der Waals surface area contributed by atoms with Gasteiger partial charge in [0, 0.05) is 31.4 Å². The van der Waals surface area contributed by atoms with Crippen molar-refractivity contribution in [3.05, 3.63) is 66.0 Å². The van der Waals surface area contributed by atoms with E-state index in [0.29, 0.717) is 18.5 Å². The molecule has 4 heterocycles. The molecular formula is C25H29F4N7. The maximum absolute atomic E-state index is 13.6. The minimum atomic E-state index is -4.33. The summed E-state index contributed by atoms with van der Waals surface area (Å²) in [5, 5.41) is 11.1. The molecular weight excluding hydrogens is 474 g/mol. The zero-order valence-corrected chi connectivity index (χ0v) is 20.0. The van der Waals surface area contributed by atoms with Crippen LogP contribution in [0.5, 0.6) is 0 Å². The van der Waals surface area contributed by atoms with Crippen LogP contribution in [0, 0.1) is 0 Å². The Hall–Kier alpha value is -3.05. The lowest BCUT2D eigenvalue weighted by Gasteiger charge is -2.42. The van der Waals surface area contributed by atoms with Gasteiger partial charge in [-0.25, -0.2) is 0 Å². The van der Waals surface area contributed by atoms with Gasteiger partial charge in [-0.1, -0.05) is 6.07 Å². The Bertz CT molecular complexity index is 1140. The summed E-state index contributed by atoms with van der Waals surface area (Å²) >= 11 is 0. The van der Waals surface area contributed by atoms with Crippen molar-refractivity contribution in [1.82, 2.24) is 29.5 Å². The highest BCUT2D eigenvalue weighted by atomic mass is 19.4. The third-order valence-electron chi connectivity index (χ3n) is 6.92. The van der Waals surface area contributed by atoms with Crippen molar-refractivity contribution in [2.45, 2.75) is 44.1 Å². The summed E-state index contributed by atoms with van der Waals surface area (Å²) < 4.78 is 54.9. The molecule has 1 fully saturated rings. The highest BCUT2D eigenvalue weighted by Crippen LogP contribution is 2.39.